The summed E-state index contributed by atoms with van der Waals surface area (Å²) in [5.74, 6) is 2.52. The van der Waals surface area contributed by atoms with Crippen molar-refractivity contribution in [1.29, 1.82) is 0 Å². The molecule has 0 aliphatic rings. The van der Waals surface area contributed by atoms with Gasteiger partial charge in [-0.1, -0.05) is 12.1 Å². The largest absolute Gasteiger partial charge is 0.496 e. The van der Waals surface area contributed by atoms with E-state index in [1.165, 1.54) is 0 Å². The molecule has 2 aromatic rings. The van der Waals surface area contributed by atoms with Crippen molar-refractivity contribution in [2.75, 3.05) is 12.4 Å². The highest BCUT2D eigenvalue weighted by Gasteiger charge is 2.17. The van der Waals surface area contributed by atoms with Gasteiger partial charge in [0.1, 0.15) is 17.6 Å². The number of carbonyl (C=O) groups is 1. The molecule has 1 aromatic heterocycles. The molecule has 0 radical (unpaired) electrons. The molecule has 0 aliphatic heterocycles. The van der Waals surface area contributed by atoms with Crippen molar-refractivity contribution in [2.24, 2.45) is 0 Å². The highest BCUT2D eigenvalue weighted by atomic mass is 16.5. The van der Waals surface area contributed by atoms with Crippen LogP contribution in [0, 0.1) is 12.3 Å². The van der Waals surface area contributed by atoms with Gasteiger partial charge >= 0.3 is 5.97 Å². The molecule has 20 heavy (non-hydrogen) atoms. The summed E-state index contributed by atoms with van der Waals surface area (Å²) in [7, 11) is 1.58. The van der Waals surface area contributed by atoms with Gasteiger partial charge in [-0.25, -0.2) is 9.78 Å². The summed E-state index contributed by atoms with van der Waals surface area (Å²) in [5.41, 5.74) is 0. The number of pyridine rings is 1. The Hall–Kier alpha value is -2.74. The van der Waals surface area contributed by atoms with Crippen LogP contribution in [0.3, 0.4) is 0 Å². The number of carboxylic acids is 1. The number of hydrogen-bond acceptors (Lipinski definition) is 4. The van der Waals surface area contributed by atoms with Crippen LogP contribution in [-0.2, 0) is 4.79 Å². The molecule has 0 saturated carbocycles. The lowest BCUT2D eigenvalue weighted by atomic mass is 10.1. The van der Waals surface area contributed by atoms with Crippen LogP contribution in [0.4, 0.5) is 5.82 Å². The van der Waals surface area contributed by atoms with Gasteiger partial charge in [-0.15, -0.1) is 12.3 Å². The molecular formula is C15H14N2O3. The highest BCUT2D eigenvalue weighted by Crippen LogP contribution is 2.29. The number of hydrogen-bond donors (Lipinski definition) is 2. The first-order chi connectivity index (χ1) is 9.67. The fourth-order valence-corrected chi connectivity index (χ4v) is 1.95. The van der Waals surface area contributed by atoms with Gasteiger partial charge in [0.2, 0.25) is 0 Å². The van der Waals surface area contributed by atoms with Crippen molar-refractivity contribution >= 4 is 22.6 Å². The van der Waals surface area contributed by atoms with Crippen molar-refractivity contribution in [2.45, 2.75) is 12.5 Å². The normalized spacial score (nSPS) is 11.6. The third-order valence-corrected chi connectivity index (χ3v) is 2.92. The number of nitrogens with zero attached hydrogens (tertiary/aromatic N) is 1. The minimum atomic E-state index is -1.01. The summed E-state index contributed by atoms with van der Waals surface area (Å²) in [6.07, 6.45) is 6.87. The van der Waals surface area contributed by atoms with E-state index in [4.69, 9.17) is 16.3 Å². The topological polar surface area (TPSA) is 71.5 Å². The number of carboxylic acid groups (broad SMARTS) is 1. The van der Waals surface area contributed by atoms with Crippen LogP contribution in [0.1, 0.15) is 6.42 Å². The Morgan fingerprint density at radius 1 is 1.50 bits per heavy atom. The number of benzene rings is 1. The monoisotopic (exact) mass is 270 g/mol. The number of terminal acetylenes is 1. The molecule has 5 heteroatoms. The van der Waals surface area contributed by atoms with E-state index in [1.54, 1.807) is 13.3 Å². The van der Waals surface area contributed by atoms with E-state index in [0.29, 0.717) is 11.6 Å². The lowest BCUT2D eigenvalue weighted by Crippen LogP contribution is -2.29. The predicted octanol–water partition coefficient (Wildman–Crippen LogP) is 2.13. The SMILES string of the molecule is C#CCC(Nc1nccc2c(OC)cccc12)C(=O)O. The van der Waals surface area contributed by atoms with Gasteiger partial charge in [0.05, 0.1) is 7.11 Å². The van der Waals surface area contributed by atoms with Crippen molar-refractivity contribution in [1.82, 2.24) is 4.98 Å². The van der Waals surface area contributed by atoms with E-state index in [1.807, 2.05) is 24.3 Å². The number of aliphatic carboxylic acids is 1. The number of methoxy groups -OCH3 is 1. The summed E-state index contributed by atoms with van der Waals surface area (Å²) in [4.78, 5) is 15.3. The maximum atomic E-state index is 11.1. The highest BCUT2D eigenvalue weighted by molar-refractivity contribution is 5.96. The number of rotatable bonds is 5. The fraction of sp³-hybridized carbons (Fsp3) is 0.200. The molecule has 1 heterocycles. The number of nitrogens with one attached hydrogen (secondary N) is 1. The van der Waals surface area contributed by atoms with E-state index in [-0.39, 0.29) is 6.42 Å². The molecule has 0 saturated heterocycles. The molecule has 102 valence electrons. The predicted molar refractivity (Wildman–Crippen MR) is 76.8 cm³/mol. The minimum absolute atomic E-state index is 0.0807. The van der Waals surface area contributed by atoms with Crippen molar-refractivity contribution in [3.05, 3.63) is 30.5 Å². The molecule has 0 aliphatic carbocycles. The van der Waals surface area contributed by atoms with E-state index >= 15 is 0 Å². The van der Waals surface area contributed by atoms with Crippen LogP contribution in [0.25, 0.3) is 10.8 Å². The molecule has 1 atom stereocenters. The number of anilines is 1. The Morgan fingerprint density at radius 2 is 2.30 bits per heavy atom. The maximum absolute atomic E-state index is 11.1. The lowest BCUT2D eigenvalue weighted by Gasteiger charge is -2.15. The first-order valence-electron chi connectivity index (χ1n) is 6.02. The van der Waals surface area contributed by atoms with Gasteiger partial charge in [0.15, 0.2) is 0 Å². The lowest BCUT2D eigenvalue weighted by molar-refractivity contribution is -0.137. The van der Waals surface area contributed by atoms with E-state index < -0.39 is 12.0 Å². The Morgan fingerprint density at radius 3 is 2.95 bits per heavy atom. The second-order valence-electron chi connectivity index (χ2n) is 4.16. The Bertz CT molecular complexity index is 676. The summed E-state index contributed by atoms with van der Waals surface area (Å²) < 4.78 is 5.28. The average Bonchev–Trinajstić information content (AvgIpc) is 2.46. The standard InChI is InChI=1S/C15H14N2O3/c1-3-5-12(15(18)19)17-14-11-6-4-7-13(20-2)10(11)8-9-16-14/h1,4,6-9,12H,5H2,2H3,(H,16,17)(H,18,19). The van der Waals surface area contributed by atoms with Gasteiger partial charge in [-0.2, -0.15) is 0 Å². The summed E-state index contributed by atoms with van der Waals surface area (Å²) in [6, 6.07) is 6.45. The molecule has 0 fully saturated rings. The van der Waals surface area contributed by atoms with Crippen molar-refractivity contribution in [3.8, 4) is 18.1 Å². The summed E-state index contributed by atoms with van der Waals surface area (Å²) in [6.45, 7) is 0. The van der Waals surface area contributed by atoms with Gasteiger partial charge in [-0.3, -0.25) is 0 Å². The van der Waals surface area contributed by atoms with Crippen molar-refractivity contribution < 1.29 is 14.6 Å². The van der Waals surface area contributed by atoms with Crippen LogP contribution >= 0.6 is 0 Å². The first kappa shape index (κ1) is 13.7. The number of aromatic nitrogens is 1. The van der Waals surface area contributed by atoms with Gasteiger partial charge in [0.25, 0.3) is 0 Å². The molecule has 0 bridgehead atoms. The van der Waals surface area contributed by atoms with Gasteiger partial charge < -0.3 is 15.2 Å². The molecular weight excluding hydrogens is 256 g/mol. The molecule has 1 unspecified atom stereocenters. The van der Waals surface area contributed by atoms with Crippen molar-refractivity contribution in [3.63, 3.8) is 0 Å². The quantitative estimate of drug-likeness (QED) is 0.814. The average molecular weight is 270 g/mol. The minimum Gasteiger partial charge on any atom is -0.496 e. The van der Waals surface area contributed by atoms with Crippen LogP contribution in [-0.4, -0.2) is 29.2 Å². The second-order valence-corrected chi connectivity index (χ2v) is 4.16. The van der Waals surface area contributed by atoms with Crippen LogP contribution in [0.5, 0.6) is 5.75 Å². The molecule has 2 N–H and O–H groups in total. The third kappa shape index (κ3) is 2.64. The summed E-state index contributed by atoms with van der Waals surface area (Å²) in [5, 5.41) is 13.6. The van der Waals surface area contributed by atoms with Crippen LogP contribution < -0.4 is 10.1 Å². The van der Waals surface area contributed by atoms with E-state index in [9.17, 15) is 4.79 Å². The third-order valence-electron chi connectivity index (χ3n) is 2.92. The molecule has 5 nitrogen and oxygen atoms in total. The van der Waals surface area contributed by atoms with Gasteiger partial charge in [0, 0.05) is 23.4 Å². The molecule has 0 spiro atoms. The number of ether oxygens (including phenoxy) is 1. The zero-order chi connectivity index (χ0) is 14.5. The maximum Gasteiger partial charge on any atom is 0.327 e. The van der Waals surface area contributed by atoms with E-state index in [0.717, 1.165) is 10.8 Å². The number of fused-ring (bicyclic) bond motifs is 1. The zero-order valence-corrected chi connectivity index (χ0v) is 11.0. The molecule has 2 rings (SSSR count). The van der Waals surface area contributed by atoms with Gasteiger partial charge in [-0.05, 0) is 12.1 Å². The smallest absolute Gasteiger partial charge is 0.327 e. The van der Waals surface area contributed by atoms with Crippen LogP contribution in [0.15, 0.2) is 30.5 Å². The molecule has 1 aromatic carbocycles. The molecule has 0 amide bonds. The Kier molecular flexibility index (Phi) is 4.06. The van der Waals surface area contributed by atoms with E-state index in [2.05, 4.69) is 16.2 Å². The summed E-state index contributed by atoms with van der Waals surface area (Å²) >= 11 is 0. The van der Waals surface area contributed by atoms with Crippen LogP contribution in [0.2, 0.25) is 0 Å². The first-order valence-corrected chi connectivity index (χ1v) is 6.02. The Balaban J connectivity index is 2.45. The fourth-order valence-electron chi connectivity index (χ4n) is 1.95. The second kappa shape index (κ2) is 5.93. The zero-order valence-electron chi connectivity index (χ0n) is 11.0. The Labute approximate surface area is 116 Å².